The number of benzene rings is 1. The average molecular weight is 288 g/mol. The van der Waals surface area contributed by atoms with E-state index in [1.54, 1.807) is 0 Å². The first kappa shape index (κ1) is 13.4. The fraction of sp³-hybridized carbons (Fsp3) is 0.400. The van der Waals surface area contributed by atoms with Gasteiger partial charge in [0.1, 0.15) is 4.75 Å². The molecule has 0 spiro atoms. The molecule has 0 fully saturated rings. The molecule has 1 aromatic rings. The van der Waals surface area contributed by atoms with Crippen LogP contribution in [0, 0.1) is 6.92 Å². The van der Waals surface area contributed by atoms with E-state index in [2.05, 4.69) is 17.2 Å². The molecule has 1 N–H and O–H groups in total. The Hall–Kier alpha value is -1.62. The maximum atomic E-state index is 12.6. The van der Waals surface area contributed by atoms with Crippen LogP contribution in [0.2, 0.25) is 0 Å². The first-order valence-corrected chi connectivity index (χ1v) is 7.63. The molecule has 104 valence electrons. The van der Waals surface area contributed by atoms with Crippen molar-refractivity contribution in [1.82, 2.24) is 0 Å². The van der Waals surface area contributed by atoms with Crippen molar-refractivity contribution in [2.75, 3.05) is 5.32 Å². The minimum absolute atomic E-state index is 0.109. The van der Waals surface area contributed by atoms with Crippen molar-refractivity contribution in [1.29, 1.82) is 0 Å². The van der Waals surface area contributed by atoms with Crippen molar-refractivity contribution in [3.63, 3.8) is 0 Å². The maximum Gasteiger partial charge on any atom is 0.306 e. The van der Waals surface area contributed by atoms with E-state index in [0.717, 1.165) is 41.4 Å². The van der Waals surface area contributed by atoms with E-state index in [0.29, 0.717) is 12.1 Å². The second-order valence-corrected chi connectivity index (χ2v) is 6.46. The molecule has 2 aliphatic heterocycles. The highest BCUT2D eigenvalue weighted by Gasteiger charge is 2.53. The summed E-state index contributed by atoms with van der Waals surface area (Å²) in [5.74, 6) is -0.109. The van der Waals surface area contributed by atoms with Gasteiger partial charge in [-0.3, -0.25) is 9.59 Å². The van der Waals surface area contributed by atoms with Crippen LogP contribution in [-0.2, 0) is 4.79 Å². The summed E-state index contributed by atoms with van der Waals surface area (Å²) in [6.45, 7) is 4.02. The van der Waals surface area contributed by atoms with Gasteiger partial charge in [0, 0.05) is 5.56 Å². The van der Waals surface area contributed by atoms with Crippen molar-refractivity contribution in [2.24, 2.45) is 4.99 Å². The van der Waals surface area contributed by atoms with E-state index in [1.165, 1.54) is 0 Å². The Labute approximate surface area is 122 Å². The lowest BCUT2D eigenvalue weighted by molar-refractivity contribution is -0.117. The number of unbranched alkanes of at least 4 members (excludes halogenated alkanes) is 1. The second-order valence-electron chi connectivity index (χ2n) is 5.21. The number of aryl methyl sites for hydroxylation is 1. The van der Waals surface area contributed by atoms with E-state index in [-0.39, 0.29) is 11.1 Å². The number of aliphatic imine (C=N–C) groups is 1. The molecule has 20 heavy (non-hydrogen) atoms. The van der Waals surface area contributed by atoms with Gasteiger partial charge in [-0.15, -0.1) is 0 Å². The van der Waals surface area contributed by atoms with Gasteiger partial charge >= 0.3 is 5.24 Å². The lowest BCUT2D eigenvalue weighted by Crippen LogP contribution is -2.49. The monoisotopic (exact) mass is 288 g/mol. The van der Waals surface area contributed by atoms with Gasteiger partial charge in [0.2, 0.25) is 5.91 Å². The highest BCUT2D eigenvalue weighted by atomic mass is 32.2. The van der Waals surface area contributed by atoms with Gasteiger partial charge in [0.05, 0.1) is 11.4 Å². The highest BCUT2D eigenvalue weighted by molar-refractivity contribution is 8.16. The van der Waals surface area contributed by atoms with Gasteiger partial charge < -0.3 is 5.32 Å². The SMILES string of the molecule is CCCCC12SC(=O)N=C1c1cccc(C)c1NC2=O. The fourth-order valence-corrected chi connectivity index (χ4v) is 3.87. The molecule has 2 amide bonds. The van der Waals surface area contributed by atoms with Gasteiger partial charge in [0.25, 0.3) is 0 Å². The van der Waals surface area contributed by atoms with Crippen LogP contribution in [0.5, 0.6) is 0 Å². The quantitative estimate of drug-likeness (QED) is 0.925. The minimum atomic E-state index is -0.826. The van der Waals surface area contributed by atoms with Crippen molar-refractivity contribution in [2.45, 2.75) is 37.9 Å². The molecule has 0 aliphatic carbocycles. The second kappa shape index (κ2) is 4.74. The Morgan fingerprint density at radius 3 is 2.90 bits per heavy atom. The number of thioether (sulfide) groups is 1. The minimum Gasteiger partial charge on any atom is -0.324 e. The molecule has 0 bridgehead atoms. The summed E-state index contributed by atoms with van der Waals surface area (Å²) in [6, 6.07) is 5.81. The van der Waals surface area contributed by atoms with Crippen molar-refractivity contribution < 1.29 is 9.59 Å². The Morgan fingerprint density at radius 1 is 1.35 bits per heavy atom. The van der Waals surface area contributed by atoms with Crippen LogP contribution in [0.25, 0.3) is 0 Å². The molecule has 0 saturated carbocycles. The number of para-hydroxylation sites is 1. The normalized spacial score (nSPS) is 24.0. The Kier molecular flexibility index (Phi) is 3.17. The Morgan fingerprint density at radius 2 is 2.15 bits per heavy atom. The molecule has 0 aromatic heterocycles. The summed E-state index contributed by atoms with van der Waals surface area (Å²) in [7, 11) is 0. The van der Waals surface area contributed by atoms with E-state index in [4.69, 9.17) is 0 Å². The molecular weight excluding hydrogens is 272 g/mol. The molecule has 2 aliphatic rings. The summed E-state index contributed by atoms with van der Waals surface area (Å²) >= 11 is 1.06. The van der Waals surface area contributed by atoms with Crippen molar-refractivity contribution >= 4 is 34.3 Å². The number of amides is 2. The zero-order valence-electron chi connectivity index (χ0n) is 11.5. The number of hydrogen-bond donors (Lipinski definition) is 1. The molecule has 1 unspecified atom stereocenters. The van der Waals surface area contributed by atoms with Gasteiger partial charge in [-0.05, 0) is 30.7 Å². The van der Waals surface area contributed by atoms with E-state index in [9.17, 15) is 9.59 Å². The Balaban J connectivity index is 2.16. The van der Waals surface area contributed by atoms with Crippen LogP contribution in [0.3, 0.4) is 0 Å². The van der Waals surface area contributed by atoms with E-state index < -0.39 is 4.75 Å². The summed E-state index contributed by atoms with van der Waals surface area (Å²) in [6.07, 6.45) is 2.53. The molecule has 3 rings (SSSR count). The van der Waals surface area contributed by atoms with Crippen LogP contribution < -0.4 is 5.32 Å². The maximum absolute atomic E-state index is 12.6. The molecule has 5 heteroatoms. The van der Waals surface area contributed by atoms with E-state index in [1.807, 2.05) is 25.1 Å². The molecular formula is C15H16N2O2S. The first-order chi connectivity index (χ1) is 9.58. The van der Waals surface area contributed by atoms with Gasteiger partial charge in [-0.1, -0.05) is 38.0 Å². The average Bonchev–Trinajstić information content (AvgIpc) is 2.77. The van der Waals surface area contributed by atoms with Crippen LogP contribution in [0.1, 0.15) is 37.3 Å². The predicted molar refractivity (Wildman–Crippen MR) is 81.6 cm³/mol. The Bertz CT molecular complexity index is 639. The third-order valence-electron chi connectivity index (χ3n) is 3.86. The van der Waals surface area contributed by atoms with Crippen LogP contribution in [0.15, 0.2) is 23.2 Å². The highest BCUT2D eigenvalue weighted by Crippen LogP contribution is 2.46. The zero-order valence-corrected chi connectivity index (χ0v) is 12.3. The molecule has 4 nitrogen and oxygen atoms in total. The number of hydrogen-bond acceptors (Lipinski definition) is 3. The van der Waals surface area contributed by atoms with Crippen molar-refractivity contribution in [3.05, 3.63) is 29.3 Å². The third-order valence-corrected chi connectivity index (χ3v) is 5.06. The first-order valence-electron chi connectivity index (χ1n) is 6.82. The molecule has 1 atom stereocenters. The number of anilines is 1. The molecule has 0 saturated heterocycles. The van der Waals surface area contributed by atoms with E-state index >= 15 is 0 Å². The van der Waals surface area contributed by atoms with Crippen molar-refractivity contribution in [3.8, 4) is 0 Å². The smallest absolute Gasteiger partial charge is 0.306 e. The predicted octanol–water partition coefficient (Wildman–Crippen LogP) is 3.53. The van der Waals surface area contributed by atoms with Gasteiger partial charge in [-0.2, -0.15) is 0 Å². The summed E-state index contributed by atoms with van der Waals surface area (Å²) < 4.78 is -0.826. The number of nitrogens with zero attached hydrogens (tertiary/aromatic N) is 1. The molecule has 2 heterocycles. The lowest BCUT2D eigenvalue weighted by Gasteiger charge is -2.33. The van der Waals surface area contributed by atoms with Gasteiger partial charge in [-0.25, -0.2) is 4.99 Å². The summed E-state index contributed by atoms with van der Waals surface area (Å²) in [5.41, 5.74) is 3.31. The van der Waals surface area contributed by atoms with Crippen LogP contribution in [0.4, 0.5) is 10.5 Å². The standard InChI is InChI=1S/C15H16N2O2S/c1-3-4-8-15-12(17-14(19)20-15)10-7-5-6-9(2)11(10)16-13(15)18/h5-7H,3-4,8H2,1-2H3,(H,16,18). The largest absolute Gasteiger partial charge is 0.324 e. The number of nitrogens with one attached hydrogen (secondary N) is 1. The summed E-state index contributed by atoms with van der Waals surface area (Å²) in [4.78, 5) is 28.6. The van der Waals surface area contributed by atoms with Crippen LogP contribution >= 0.6 is 11.8 Å². The lowest BCUT2D eigenvalue weighted by atomic mass is 9.85. The van der Waals surface area contributed by atoms with Crippen LogP contribution in [-0.4, -0.2) is 21.6 Å². The molecule has 1 aromatic carbocycles. The zero-order chi connectivity index (χ0) is 14.3. The number of rotatable bonds is 3. The number of carbonyl (C=O) groups excluding carboxylic acids is 2. The summed E-state index contributed by atoms with van der Waals surface area (Å²) in [5, 5.41) is 2.71. The third kappa shape index (κ3) is 1.80. The fourth-order valence-electron chi connectivity index (χ4n) is 2.79. The number of carbonyl (C=O) groups is 2. The van der Waals surface area contributed by atoms with Gasteiger partial charge in [0.15, 0.2) is 0 Å². The topological polar surface area (TPSA) is 58.5 Å². The number of fused-ring (bicyclic) bond motifs is 3. The molecule has 0 radical (unpaired) electrons.